The Hall–Kier alpha value is -1.84. The smallest absolute Gasteiger partial charge is 0.0367 e. The second kappa shape index (κ2) is 7.43. The zero-order valence-corrected chi connectivity index (χ0v) is 13.1. The van der Waals surface area contributed by atoms with Crippen LogP contribution in [-0.4, -0.2) is 37.6 Å². The van der Waals surface area contributed by atoms with Crippen LogP contribution in [0.25, 0.3) is 0 Å². The summed E-state index contributed by atoms with van der Waals surface area (Å²) in [6.45, 7) is 6.23. The zero-order chi connectivity index (χ0) is 15.2. The van der Waals surface area contributed by atoms with E-state index in [0.29, 0.717) is 0 Å². The molecule has 0 aromatic heterocycles. The van der Waals surface area contributed by atoms with Gasteiger partial charge >= 0.3 is 0 Å². The molecular weight excluding hydrogens is 270 g/mol. The number of benzene rings is 2. The quantitative estimate of drug-likeness (QED) is 0.920. The predicted molar refractivity (Wildman–Crippen MR) is 93.1 cm³/mol. The van der Waals surface area contributed by atoms with Gasteiger partial charge in [-0.15, -0.1) is 0 Å². The molecule has 0 bridgehead atoms. The number of nitrogens with zero attached hydrogens (tertiary/aromatic N) is 2. The van der Waals surface area contributed by atoms with Gasteiger partial charge < -0.3 is 10.6 Å². The van der Waals surface area contributed by atoms with E-state index in [1.807, 2.05) is 0 Å². The molecule has 2 aromatic carbocycles. The molecule has 1 fully saturated rings. The Morgan fingerprint density at radius 1 is 0.773 bits per heavy atom. The van der Waals surface area contributed by atoms with Crippen LogP contribution in [0.3, 0.4) is 0 Å². The Morgan fingerprint density at radius 3 is 2.05 bits per heavy atom. The van der Waals surface area contributed by atoms with Gasteiger partial charge in [0.05, 0.1) is 0 Å². The Morgan fingerprint density at radius 2 is 1.41 bits per heavy atom. The van der Waals surface area contributed by atoms with Crippen molar-refractivity contribution in [3.63, 3.8) is 0 Å². The fourth-order valence-corrected chi connectivity index (χ4v) is 3.04. The van der Waals surface area contributed by atoms with Gasteiger partial charge in [0.15, 0.2) is 0 Å². The molecule has 0 spiro atoms. The number of piperazine rings is 1. The van der Waals surface area contributed by atoms with Crippen molar-refractivity contribution in [1.82, 2.24) is 4.90 Å². The molecule has 2 aromatic rings. The SMILES string of the molecule is NCCc1ccc(CN2CCN(c3ccccc3)CC2)cc1. The summed E-state index contributed by atoms with van der Waals surface area (Å²) in [6.07, 6.45) is 0.968. The normalized spacial score (nSPS) is 16.0. The van der Waals surface area contributed by atoms with E-state index in [1.54, 1.807) is 0 Å². The van der Waals surface area contributed by atoms with Crippen LogP contribution in [0.15, 0.2) is 54.6 Å². The highest BCUT2D eigenvalue weighted by Gasteiger charge is 2.16. The minimum Gasteiger partial charge on any atom is -0.369 e. The van der Waals surface area contributed by atoms with Crippen molar-refractivity contribution in [2.24, 2.45) is 5.73 Å². The Bertz CT molecular complexity index is 557. The summed E-state index contributed by atoms with van der Waals surface area (Å²) < 4.78 is 0. The third-order valence-electron chi connectivity index (χ3n) is 4.36. The molecule has 1 saturated heterocycles. The molecule has 0 amide bonds. The second-order valence-corrected chi connectivity index (χ2v) is 5.95. The lowest BCUT2D eigenvalue weighted by Gasteiger charge is -2.36. The van der Waals surface area contributed by atoms with Gasteiger partial charge in [-0.1, -0.05) is 42.5 Å². The fourth-order valence-electron chi connectivity index (χ4n) is 3.04. The molecule has 0 aliphatic carbocycles. The first-order valence-corrected chi connectivity index (χ1v) is 8.15. The average molecular weight is 295 g/mol. The van der Waals surface area contributed by atoms with Crippen LogP contribution in [-0.2, 0) is 13.0 Å². The Kier molecular flexibility index (Phi) is 5.09. The van der Waals surface area contributed by atoms with E-state index in [1.165, 1.54) is 16.8 Å². The van der Waals surface area contributed by atoms with Gasteiger partial charge in [-0.25, -0.2) is 0 Å². The lowest BCUT2D eigenvalue weighted by Crippen LogP contribution is -2.45. The summed E-state index contributed by atoms with van der Waals surface area (Å²) in [4.78, 5) is 5.01. The first-order valence-electron chi connectivity index (χ1n) is 8.15. The predicted octanol–water partition coefficient (Wildman–Crippen LogP) is 2.51. The lowest BCUT2D eigenvalue weighted by atomic mass is 10.1. The van der Waals surface area contributed by atoms with Gasteiger partial charge in [-0.2, -0.15) is 0 Å². The minimum absolute atomic E-state index is 0.723. The third kappa shape index (κ3) is 3.87. The van der Waals surface area contributed by atoms with Crippen LogP contribution in [0.1, 0.15) is 11.1 Å². The lowest BCUT2D eigenvalue weighted by molar-refractivity contribution is 0.250. The molecule has 3 rings (SSSR count). The highest BCUT2D eigenvalue weighted by molar-refractivity contribution is 5.46. The summed E-state index contributed by atoms with van der Waals surface area (Å²) in [6, 6.07) is 19.6. The molecule has 1 aliphatic rings. The topological polar surface area (TPSA) is 32.5 Å². The summed E-state index contributed by atoms with van der Waals surface area (Å²) in [5, 5.41) is 0. The van der Waals surface area contributed by atoms with Gasteiger partial charge in [0.25, 0.3) is 0 Å². The maximum Gasteiger partial charge on any atom is 0.0367 e. The minimum atomic E-state index is 0.723. The van der Waals surface area contributed by atoms with Crippen LogP contribution >= 0.6 is 0 Å². The molecule has 3 nitrogen and oxygen atoms in total. The molecule has 2 N–H and O–H groups in total. The van der Waals surface area contributed by atoms with Crippen molar-refractivity contribution in [2.75, 3.05) is 37.6 Å². The molecule has 1 aliphatic heterocycles. The number of nitrogens with two attached hydrogens (primary N) is 1. The first kappa shape index (κ1) is 15.1. The molecular formula is C19H25N3. The van der Waals surface area contributed by atoms with Crippen molar-refractivity contribution in [2.45, 2.75) is 13.0 Å². The molecule has 1 heterocycles. The van der Waals surface area contributed by atoms with Crippen LogP contribution < -0.4 is 10.6 Å². The van der Waals surface area contributed by atoms with E-state index in [9.17, 15) is 0 Å². The maximum absolute atomic E-state index is 5.60. The number of rotatable bonds is 5. The van der Waals surface area contributed by atoms with Gasteiger partial charge in [-0.3, -0.25) is 4.90 Å². The largest absolute Gasteiger partial charge is 0.369 e. The number of anilines is 1. The van der Waals surface area contributed by atoms with E-state index in [2.05, 4.69) is 64.4 Å². The average Bonchev–Trinajstić information content (AvgIpc) is 2.58. The fraction of sp³-hybridized carbons (Fsp3) is 0.368. The van der Waals surface area contributed by atoms with Gasteiger partial charge in [0.1, 0.15) is 0 Å². The Balaban J connectivity index is 1.51. The van der Waals surface area contributed by atoms with Crippen LogP contribution in [0.5, 0.6) is 0 Å². The van der Waals surface area contributed by atoms with Crippen LogP contribution in [0, 0.1) is 0 Å². The number of para-hydroxylation sites is 1. The highest BCUT2D eigenvalue weighted by atomic mass is 15.3. The molecule has 0 unspecified atom stereocenters. The molecule has 116 valence electrons. The second-order valence-electron chi connectivity index (χ2n) is 5.95. The summed E-state index contributed by atoms with van der Waals surface area (Å²) in [5.41, 5.74) is 9.67. The van der Waals surface area contributed by atoms with Crippen molar-refractivity contribution in [1.29, 1.82) is 0 Å². The number of hydrogen-bond acceptors (Lipinski definition) is 3. The maximum atomic E-state index is 5.60. The highest BCUT2D eigenvalue weighted by Crippen LogP contribution is 2.17. The Labute approximate surface area is 133 Å². The zero-order valence-electron chi connectivity index (χ0n) is 13.1. The van der Waals surface area contributed by atoms with E-state index in [-0.39, 0.29) is 0 Å². The third-order valence-corrected chi connectivity index (χ3v) is 4.36. The van der Waals surface area contributed by atoms with Crippen molar-refractivity contribution >= 4 is 5.69 Å². The summed E-state index contributed by atoms with van der Waals surface area (Å²) in [7, 11) is 0. The van der Waals surface area contributed by atoms with Gasteiger partial charge in [0.2, 0.25) is 0 Å². The molecule has 0 atom stereocenters. The van der Waals surface area contributed by atoms with Crippen molar-refractivity contribution in [3.05, 3.63) is 65.7 Å². The molecule has 3 heteroatoms. The van der Waals surface area contributed by atoms with Crippen molar-refractivity contribution < 1.29 is 0 Å². The number of hydrogen-bond donors (Lipinski definition) is 1. The van der Waals surface area contributed by atoms with Crippen molar-refractivity contribution in [3.8, 4) is 0 Å². The standard InChI is InChI=1S/C19H25N3/c20-11-10-17-6-8-18(9-7-17)16-21-12-14-22(15-13-21)19-4-2-1-3-5-19/h1-9H,10-16,20H2. The van der Waals surface area contributed by atoms with E-state index >= 15 is 0 Å². The summed E-state index contributed by atoms with van der Waals surface area (Å²) in [5.74, 6) is 0. The van der Waals surface area contributed by atoms with Gasteiger partial charge in [-0.05, 0) is 36.2 Å². The van der Waals surface area contributed by atoms with Crippen LogP contribution in [0.2, 0.25) is 0 Å². The van der Waals surface area contributed by atoms with Crippen LogP contribution in [0.4, 0.5) is 5.69 Å². The van der Waals surface area contributed by atoms with E-state index in [0.717, 1.165) is 45.7 Å². The monoisotopic (exact) mass is 295 g/mol. The van der Waals surface area contributed by atoms with E-state index < -0.39 is 0 Å². The van der Waals surface area contributed by atoms with Gasteiger partial charge in [0, 0.05) is 38.4 Å². The summed E-state index contributed by atoms with van der Waals surface area (Å²) >= 11 is 0. The van der Waals surface area contributed by atoms with E-state index in [4.69, 9.17) is 5.73 Å². The first-order chi connectivity index (χ1) is 10.8. The molecule has 0 saturated carbocycles. The molecule has 22 heavy (non-hydrogen) atoms. The molecule has 0 radical (unpaired) electrons.